The molecular weight excluding hydrogens is 226 g/mol. The molecule has 0 heterocycles. The van der Waals surface area contributed by atoms with Crippen LogP contribution in [0.5, 0.6) is 0 Å². The average molecular weight is 245 g/mol. The van der Waals surface area contributed by atoms with Gasteiger partial charge in [-0.25, -0.2) is 4.79 Å². The van der Waals surface area contributed by atoms with Crippen molar-refractivity contribution in [2.24, 2.45) is 5.92 Å². The number of rotatable bonds is 4. The minimum absolute atomic E-state index is 0.237. The highest BCUT2D eigenvalue weighted by Crippen LogP contribution is 2.33. The second-order valence-electron chi connectivity index (χ2n) is 5.38. The Labute approximate surface area is 108 Å². The van der Waals surface area contributed by atoms with Crippen molar-refractivity contribution in [3.05, 3.63) is 34.9 Å². The molecule has 0 spiro atoms. The third kappa shape index (κ3) is 2.89. The van der Waals surface area contributed by atoms with Gasteiger partial charge in [0.25, 0.3) is 0 Å². The largest absolute Gasteiger partial charge is 0.478 e. The highest BCUT2D eigenvalue weighted by atomic mass is 16.4. The summed E-state index contributed by atoms with van der Waals surface area (Å²) in [7, 11) is 0. The van der Waals surface area contributed by atoms with Crippen LogP contribution in [0.1, 0.15) is 48.7 Å². The minimum atomic E-state index is -0.957. The summed E-state index contributed by atoms with van der Waals surface area (Å²) in [5.74, 6) is -0.580. The number of hydrogen-bond donors (Lipinski definition) is 1. The van der Waals surface area contributed by atoms with Gasteiger partial charge < -0.3 is 5.11 Å². The number of carbonyl (C=O) groups is 1. The molecule has 1 N–H and O–H groups in total. The van der Waals surface area contributed by atoms with Gasteiger partial charge in [0.1, 0.15) is 0 Å². The fraction of sp³-hybridized carbons (Fsp3) is 0.467. The molecule has 3 nitrogen and oxygen atoms in total. The summed E-state index contributed by atoms with van der Waals surface area (Å²) in [4.78, 5) is 11.0. The van der Waals surface area contributed by atoms with E-state index in [2.05, 4.69) is 19.9 Å². The number of aromatic carboxylic acids is 1. The van der Waals surface area contributed by atoms with Gasteiger partial charge in [-0.1, -0.05) is 19.9 Å². The number of carboxylic acid groups (broad SMARTS) is 1. The van der Waals surface area contributed by atoms with Crippen LogP contribution >= 0.6 is 0 Å². The Morgan fingerprint density at radius 1 is 1.50 bits per heavy atom. The summed E-state index contributed by atoms with van der Waals surface area (Å²) < 4.78 is 0. The summed E-state index contributed by atoms with van der Waals surface area (Å²) in [6, 6.07) is 7.32. The van der Waals surface area contributed by atoms with Crippen molar-refractivity contribution in [3.8, 4) is 6.07 Å². The van der Waals surface area contributed by atoms with Gasteiger partial charge in [-0.05, 0) is 49.4 Å². The van der Waals surface area contributed by atoms with Crippen LogP contribution in [-0.4, -0.2) is 11.1 Å². The molecule has 0 aliphatic carbocycles. The Balaban J connectivity index is 3.33. The zero-order valence-electron chi connectivity index (χ0n) is 11.3. The summed E-state index contributed by atoms with van der Waals surface area (Å²) in [6.07, 6.45) is 0.716. The van der Waals surface area contributed by atoms with E-state index in [1.807, 2.05) is 13.8 Å². The van der Waals surface area contributed by atoms with Gasteiger partial charge >= 0.3 is 5.97 Å². The number of nitriles is 1. The third-order valence-corrected chi connectivity index (χ3v) is 3.14. The molecule has 1 aromatic carbocycles. The van der Waals surface area contributed by atoms with E-state index < -0.39 is 11.4 Å². The fourth-order valence-electron chi connectivity index (χ4n) is 2.38. The molecule has 0 fully saturated rings. The molecule has 3 heteroatoms. The fourth-order valence-corrected chi connectivity index (χ4v) is 2.38. The van der Waals surface area contributed by atoms with Gasteiger partial charge in [0.2, 0.25) is 0 Å². The molecule has 1 rings (SSSR count). The smallest absolute Gasteiger partial charge is 0.335 e. The Hall–Kier alpha value is -1.82. The van der Waals surface area contributed by atoms with Crippen molar-refractivity contribution in [2.75, 3.05) is 0 Å². The van der Waals surface area contributed by atoms with E-state index in [9.17, 15) is 10.1 Å². The Bertz CT molecular complexity index is 500. The molecule has 1 unspecified atom stereocenters. The highest BCUT2D eigenvalue weighted by Gasteiger charge is 2.29. The first-order chi connectivity index (χ1) is 8.30. The van der Waals surface area contributed by atoms with Crippen LogP contribution in [0.3, 0.4) is 0 Å². The molecule has 1 atom stereocenters. The van der Waals surface area contributed by atoms with Crippen molar-refractivity contribution >= 4 is 5.97 Å². The van der Waals surface area contributed by atoms with E-state index in [4.69, 9.17) is 5.11 Å². The number of nitrogens with zero attached hydrogens (tertiary/aromatic N) is 1. The van der Waals surface area contributed by atoms with Crippen molar-refractivity contribution in [3.63, 3.8) is 0 Å². The summed E-state index contributed by atoms with van der Waals surface area (Å²) in [5.41, 5.74) is 1.38. The molecule has 0 aliphatic heterocycles. The summed E-state index contributed by atoms with van der Waals surface area (Å²) in [6.45, 7) is 7.91. The van der Waals surface area contributed by atoms with E-state index in [1.165, 1.54) is 0 Å². The number of benzene rings is 1. The van der Waals surface area contributed by atoms with Crippen LogP contribution in [0.15, 0.2) is 18.2 Å². The lowest BCUT2D eigenvalue weighted by Crippen LogP contribution is -2.23. The zero-order valence-corrected chi connectivity index (χ0v) is 11.3. The molecule has 0 aromatic heterocycles. The SMILES string of the molecule is Cc1ccc(C(=O)O)cc1C(C)(C#N)CC(C)C. The second-order valence-corrected chi connectivity index (χ2v) is 5.38. The molecular formula is C15H19NO2. The van der Waals surface area contributed by atoms with E-state index in [-0.39, 0.29) is 5.56 Å². The standard InChI is InChI=1S/C15H19NO2/c1-10(2)8-15(4,9-16)13-7-12(14(17)18)6-5-11(13)3/h5-7,10H,8H2,1-4H3,(H,17,18). The monoisotopic (exact) mass is 245 g/mol. The van der Waals surface area contributed by atoms with Crippen LogP contribution in [-0.2, 0) is 5.41 Å². The predicted molar refractivity (Wildman–Crippen MR) is 70.6 cm³/mol. The summed E-state index contributed by atoms with van der Waals surface area (Å²) in [5, 5.41) is 18.5. The lowest BCUT2D eigenvalue weighted by atomic mass is 9.75. The molecule has 0 aliphatic rings. The van der Waals surface area contributed by atoms with Crippen LogP contribution in [0.25, 0.3) is 0 Å². The van der Waals surface area contributed by atoms with Crippen LogP contribution in [0.2, 0.25) is 0 Å². The maximum atomic E-state index is 11.0. The Morgan fingerprint density at radius 2 is 2.11 bits per heavy atom. The maximum Gasteiger partial charge on any atom is 0.335 e. The minimum Gasteiger partial charge on any atom is -0.478 e. The first-order valence-corrected chi connectivity index (χ1v) is 6.06. The van der Waals surface area contributed by atoms with Crippen LogP contribution in [0.4, 0.5) is 0 Å². The quantitative estimate of drug-likeness (QED) is 0.882. The topological polar surface area (TPSA) is 61.1 Å². The molecule has 18 heavy (non-hydrogen) atoms. The first-order valence-electron chi connectivity index (χ1n) is 6.06. The molecule has 0 saturated carbocycles. The Morgan fingerprint density at radius 3 is 2.56 bits per heavy atom. The molecule has 96 valence electrons. The lowest BCUT2D eigenvalue weighted by molar-refractivity contribution is 0.0696. The van der Waals surface area contributed by atoms with E-state index >= 15 is 0 Å². The van der Waals surface area contributed by atoms with Crippen LogP contribution in [0, 0.1) is 24.2 Å². The van der Waals surface area contributed by atoms with Crippen molar-refractivity contribution in [1.82, 2.24) is 0 Å². The molecule has 0 amide bonds. The maximum absolute atomic E-state index is 11.0. The second kappa shape index (κ2) is 5.22. The van der Waals surface area contributed by atoms with E-state index in [1.54, 1.807) is 18.2 Å². The van der Waals surface area contributed by atoms with Crippen molar-refractivity contribution < 1.29 is 9.90 Å². The lowest BCUT2D eigenvalue weighted by Gasteiger charge is -2.26. The van der Waals surface area contributed by atoms with E-state index in [0.717, 1.165) is 11.1 Å². The Kier molecular flexibility index (Phi) is 4.13. The number of carboxylic acids is 1. The third-order valence-electron chi connectivity index (χ3n) is 3.14. The molecule has 0 saturated heterocycles. The highest BCUT2D eigenvalue weighted by molar-refractivity contribution is 5.88. The van der Waals surface area contributed by atoms with Gasteiger partial charge in [0, 0.05) is 0 Å². The van der Waals surface area contributed by atoms with Gasteiger partial charge in [0.15, 0.2) is 0 Å². The van der Waals surface area contributed by atoms with Gasteiger partial charge in [-0.15, -0.1) is 0 Å². The van der Waals surface area contributed by atoms with Gasteiger partial charge in [-0.3, -0.25) is 0 Å². The zero-order chi connectivity index (χ0) is 13.9. The average Bonchev–Trinajstić information content (AvgIpc) is 2.28. The van der Waals surface area contributed by atoms with E-state index in [0.29, 0.717) is 12.3 Å². The number of hydrogen-bond acceptors (Lipinski definition) is 2. The van der Waals surface area contributed by atoms with Crippen molar-refractivity contribution in [1.29, 1.82) is 5.26 Å². The normalized spacial score (nSPS) is 14.0. The van der Waals surface area contributed by atoms with Gasteiger partial charge in [0.05, 0.1) is 17.0 Å². The van der Waals surface area contributed by atoms with Gasteiger partial charge in [-0.2, -0.15) is 5.26 Å². The van der Waals surface area contributed by atoms with Crippen molar-refractivity contribution in [2.45, 2.75) is 39.5 Å². The summed E-state index contributed by atoms with van der Waals surface area (Å²) >= 11 is 0. The molecule has 0 radical (unpaired) electrons. The molecule has 0 bridgehead atoms. The van der Waals surface area contributed by atoms with Crippen LogP contribution < -0.4 is 0 Å². The molecule has 1 aromatic rings. The predicted octanol–water partition coefficient (Wildman–Crippen LogP) is 3.52. The first kappa shape index (κ1) is 14.2. The number of aryl methyl sites for hydroxylation is 1.